The molecule has 0 atom stereocenters. The second-order valence-corrected chi connectivity index (χ2v) is 10.5. The van der Waals surface area contributed by atoms with Crippen molar-refractivity contribution in [2.75, 3.05) is 13.1 Å². The van der Waals surface area contributed by atoms with Gasteiger partial charge in [0.1, 0.15) is 0 Å². The molecule has 2 aromatic rings. The van der Waals surface area contributed by atoms with Crippen LogP contribution in [0.4, 0.5) is 0 Å². The monoisotopic (exact) mass is 368 g/mol. The normalized spacial score (nSPS) is 22.2. The van der Waals surface area contributed by atoms with Crippen LogP contribution in [0.2, 0.25) is 0 Å². The first-order valence-corrected chi connectivity index (χ1v) is 11.0. The standard InChI is InChI=1S/C23H32N2S/c1-15-12-18-19(23(4,5)9-8-22(18,2)3)13-17(15)20-14-26-21(25-20)16-6-10-24-11-7-16/h12-14,16,24H,6-11H2,1-5H3. The molecule has 1 saturated heterocycles. The van der Waals surface area contributed by atoms with Crippen molar-refractivity contribution < 1.29 is 0 Å². The number of aromatic nitrogens is 1. The van der Waals surface area contributed by atoms with Crippen molar-refractivity contribution in [1.82, 2.24) is 10.3 Å². The fourth-order valence-corrected chi connectivity index (χ4v) is 5.66. The number of aryl methyl sites for hydroxylation is 1. The van der Waals surface area contributed by atoms with Crippen molar-refractivity contribution in [2.24, 2.45) is 0 Å². The summed E-state index contributed by atoms with van der Waals surface area (Å²) in [5.41, 5.74) is 7.50. The summed E-state index contributed by atoms with van der Waals surface area (Å²) >= 11 is 1.86. The predicted octanol–water partition coefficient (Wildman–Crippen LogP) is 5.93. The predicted molar refractivity (Wildman–Crippen MR) is 112 cm³/mol. The summed E-state index contributed by atoms with van der Waals surface area (Å²) in [6.45, 7) is 14.1. The minimum atomic E-state index is 0.251. The Morgan fingerprint density at radius 1 is 1.00 bits per heavy atom. The van der Waals surface area contributed by atoms with Crippen LogP contribution < -0.4 is 5.32 Å². The first kappa shape index (κ1) is 18.2. The van der Waals surface area contributed by atoms with Crippen LogP contribution in [-0.4, -0.2) is 18.1 Å². The fraction of sp³-hybridized carbons (Fsp3) is 0.609. The van der Waals surface area contributed by atoms with Gasteiger partial charge >= 0.3 is 0 Å². The van der Waals surface area contributed by atoms with Crippen LogP contribution in [0.3, 0.4) is 0 Å². The lowest BCUT2D eigenvalue weighted by molar-refractivity contribution is 0.332. The Kier molecular flexibility index (Phi) is 4.51. The molecule has 1 aromatic heterocycles. The topological polar surface area (TPSA) is 24.9 Å². The van der Waals surface area contributed by atoms with Crippen molar-refractivity contribution in [3.05, 3.63) is 39.2 Å². The number of nitrogens with zero attached hydrogens (tertiary/aromatic N) is 1. The van der Waals surface area contributed by atoms with Gasteiger partial charge in [-0.1, -0.05) is 33.8 Å². The molecule has 1 aromatic carbocycles. The summed E-state index contributed by atoms with van der Waals surface area (Å²) in [4.78, 5) is 5.09. The minimum absolute atomic E-state index is 0.251. The van der Waals surface area contributed by atoms with Gasteiger partial charge in [-0.15, -0.1) is 11.3 Å². The molecular formula is C23H32N2S. The van der Waals surface area contributed by atoms with E-state index in [-0.39, 0.29) is 10.8 Å². The second kappa shape index (κ2) is 6.45. The highest BCUT2D eigenvalue weighted by Gasteiger charge is 2.37. The van der Waals surface area contributed by atoms with Crippen LogP contribution in [0, 0.1) is 6.92 Å². The highest BCUT2D eigenvalue weighted by atomic mass is 32.1. The fourth-order valence-electron chi connectivity index (χ4n) is 4.67. The molecule has 1 aliphatic carbocycles. The van der Waals surface area contributed by atoms with Crippen molar-refractivity contribution in [2.45, 2.75) is 77.0 Å². The Hall–Kier alpha value is -1.19. The average Bonchev–Trinajstić information content (AvgIpc) is 3.09. The zero-order valence-corrected chi connectivity index (χ0v) is 17.7. The maximum atomic E-state index is 5.09. The highest BCUT2D eigenvalue weighted by molar-refractivity contribution is 7.10. The van der Waals surface area contributed by atoms with Crippen LogP contribution in [0.1, 0.15) is 81.0 Å². The van der Waals surface area contributed by atoms with Crippen molar-refractivity contribution in [3.63, 3.8) is 0 Å². The Bertz CT molecular complexity index is 810. The first-order chi connectivity index (χ1) is 12.3. The van der Waals surface area contributed by atoms with Crippen LogP contribution >= 0.6 is 11.3 Å². The van der Waals surface area contributed by atoms with E-state index in [0.717, 1.165) is 13.1 Å². The van der Waals surface area contributed by atoms with Gasteiger partial charge in [0.25, 0.3) is 0 Å². The van der Waals surface area contributed by atoms with Gasteiger partial charge in [0.15, 0.2) is 0 Å². The van der Waals surface area contributed by atoms with E-state index in [9.17, 15) is 0 Å². The van der Waals surface area contributed by atoms with E-state index in [1.54, 1.807) is 5.56 Å². The molecule has 0 saturated carbocycles. The molecule has 1 fully saturated rings. The van der Waals surface area contributed by atoms with Crippen LogP contribution in [0.25, 0.3) is 11.3 Å². The third-order valence-electron chi connectivity index (χ3n) is 6.68. The van der Waals surface area contributed by atoms with Gasteiger partial charge in [-0.2, -0.15) is 0 Å². The van der Waals surface area contributed by atoms with Gasteiger partial charge in [0, 0.05) is 16.9 Å². The van der Waals surface area contributed by atoms with E-state index in [1.165, 1.54) is 53.1 Å². The Balaban J connectivity index is 1.75. The summed E-state index contributed by atoms with van der Waals surface area (Å²) in [7, 11) is 0. The molecule has 1 N–H and O–H groups in total. The maximum absolute atomic E-state index is 5.09. The van der Waals surface area contributed by atoms with Crippen LogP contribution in [0.15, 0.2) is 17.5 Å². The molecule has 1 aliphatic heterocycles. The molecule has 26 heavy (non-hydrogen) atoms. The van der Waals surface area contributed by atoms with E-state index >= 15 is 0 Å². The number of benzene rings is 1. The quantitative estimate of drug-likeness (QED) is 0.710. The van der Waals surface area contributed by atoms with Gasteiger partial charge in [-0.05, 0) is 79.3 Å². The SMILES string of the molecule is Cc1cc2c(cc1-c1csc(C3CCNCC3)n1)C(C)(C)CCC2(C)C. The second-order valence-electron chi connectivity index (χ2n) is 9.58. The summed E-state index contributed by atoms with van der Waals surface area (Å²) in [6.07, 6.45) is 4.96. The van der Waals surface area contributed by atoms with E-state index in [4.69, 9.17) is 4.98 Å². The highest BCUT2D eigenvalue weighted by Crippen LogP contribution is 2.47. The number of hydrogen-bond acceptors (Lipinski definition) is 3. The molecule has 3 heteroatoms. The molecule has 2 aliphatic rings. The third kappa shape index (κ3) is 3.14. The molecule has 2 heterocycles. The zero-order valence-electron chi connectivity index (χ0n) is 16.9. The van der Waals surface area contributed by atoms with Gasteiger partial charge < -0.3 is 5.32 Å². The Morgan fingerprint density at radius 2 is 1.62 bits per heavy atom. The number of rotatable bonds is 2. The van der Waals surface area contributed by atoms with Gasteiger partial charge in [0.05, 0.1) is 10.7 Å². The number of nitrogens with one attached hydrogen (secondary N) is 1. The molecular weight excluding hydrogens is 336 g/mol. The van der Waals surface area contributed by atoms with Gasteiger partial charge in [-0.3, -0.25) is 0 Å². The van der Waals surface area contributed by atoms with E-state index in [1.807, 2.05) is 11.3 Å². The zero-order chi connectivity index (χ0) is 18.5. The summed E-state index contributed by atoms with van der Waals surface area (Å²) in [5, 5.41) is 7.08. The number of fused-ring (bicyclic) bond motifs is 1. The molecule has 2 nitrogen and oxygen atoms in total. The molecule has 0 unspecified atom stereocenters. The lowest BCUT2D eigenvalue weighted by Crippen LogP contribution is -2.34. The largest absolute Gasteiger partial charge is 0.317 e. The summed E-state index contributed by atoms with van der Waals surface area (Å²) in [6, 6.07) is 4.92. The smallest absolute Gasteiger partial charge is 0.0964 e. The van der Waals surface area contributed by atoms with E-state index in [0.29, 0.717) is 5.92 Å². The number of piperidine rings is 1. The van der Waals surface area contributed by atoms with E-state index in [2.05, 4.69) is 57.4 Å². The van der Waals surface area contributed by atoms with Crippen LogP contribution in [0.5, 0.6) is 0 Å². The average molecular weight is 369 g/mol. The molecule has 0 bridgehead atoms. The lowest BCUT2D eigenvalue weighted by Gasteiger charge is -2.42. The Morgan fingerprint density at radius 3 is 2.27 bits per heavy atom. The van der Waals surface area contributed by atoms with E-state index < -0.39 is 0 Å². The molecule has 0 spiro atoms. The third-order valence-corrected chi connectivity index (χ3v) is 7.69. The van der Waals surface area contributed by atoms with Crippen LogP contribution in [-0.2, 0) is 10.8 Å². The number of thiazole rings is 1. The van der Waals surface area contributed by atoms with Gasteiger partial charge in [0.2, 0.25) is 0 Å². The maximum Gasteiger partial charge on any atom is 0.0964 e. The number of hydrogen-bond donors (Lipinski definition) is 1. The summed E-state index contributed by atoms with van der Waals surface area (Å²) in [5.74, 6) is 0.642. The summed E-state index contributed by atoms with van der Waals surface area (Å²) < 4.78 is 0. The minimum Gasteiger partial charge on any atom is -0.317 e. The van der Waals surface area contributed by atoms with Crippen molar-refractivity contribution in [3.8, 4) is 11.3 Å². The first-order valence-electron chi connectivity index (χ1n) is 10.1. The Labute approximate surface area is 162 Å². The molecule has 0 amide bonds. The molecule has 0 radical (unpaired) electrons. The van der Waals surface area contributed by atoms with Crippen molar-refractivity contribution >= 4 is 11.3 Å². The van der Waals surface area contributed by atoms with Crippen molar-refractivity contribution in [1.29, 1.82) is 0 Å². The molecule has 140 valence electrons. The molecule has 4 rings (SSSR count). The lowest BCUT2D eigenvalue weighted by atomic mass is 9.62. The van der Waals surface area contributed by atoms with Gasteiger partial charge in [-0.25, -0.2) is 4.98 Å².